The quantitative estimate of drug-likeness (QED) is 0.885. The van der Waals surface area contributed by atoms with E-state index in [1.54, 1.807) is 11.3 Å². The molecule has 2 aromatic rings. The lowest BCUT2D eigenvalue weighted by Gasteiger charge is -2.63. The van der Waals surface area contributed by atoms with E-state index in [1.807, 2.05) is 6.07 Å². The molecule has 4 bridgehead atoms. The van der Waals surface area contributed by atoms with Crippen molar-refractivity contribution >= 4 is 11.3 Å². The number of aromatic nitrogens is 1. The van der Waals surface area contributed by atoms with Gasteiger partial charge in [-0.3, -0.25) is 0 Å². The molecule has 24 heavy (non-hydrogen) atoms. The van der Waals surface area contributed by atoms with E-state index in [0.717, 1.165) is 41.6 Å². The maximum Gasteiger partial charge on any atom is 0.177 e. The van der Waals surface area contributed by atoms with Crippen LogP contribution in [0.25, 0.3) is 10.6 Å². The van der Waals surface area contributed by atoms with Crippen LogP contribution >= 0.6 is 11.3 Å². The molecule has 0 aromatic carbocycles. The predicted octanol–water partition coefficient (Wildman–Crippen LogP) is 3.82. The monoisotopic (exact) mass is 344 g/mol. The van der Waals surface area contributed by atoms with Crippen molar-refractivity contribution in [3.63, 3.8) is 0 Å². The average molecular weight is 344 g/mol. The molecule has 4 fully saturated rings. The van der Waals surface area contributed by atoms with Crippen LogP contribution in [-0.2, 0) is 6.54 Å². The van der Waals surface area contributed by atoms with E-state index in [9.17, 15) is 5.11 Å². The van der Waals surface area contributed by atoms with E-state index in [0.29, 0.717) is 11.8 Å². The highest BCUT2D eigenvalue weighted by molar-refractivity contribution is 7.13. The van der Waals surface area contributed by atoms with Crippen LogP contribution in [0.1, 0.15) is 44.7 Å². The fourth-order valence-electron chi connectivity index (χ4n) is 5.63. The van der Waals surface area contributed by atoms with E-state index in [1.165, 1.54) is 19.3 Å². The van der Waals surface area contributed by atoms with Gasteiger partial charge in [-0.25, -0.2) is 0 Å². The number of hydrogen-bond acceptors (Lipinski definition) is 5. The topological polar surface area (TPSA) is 58.3 Å². The first-order valence-electron chi connectivity index (χ1n) is 9.01. The average Bonchev–Trinajstić information content (AvgIpc) is 3.21. The van der Waals surface area contributed by atoms with Gasteiger partial charge in [-0.1, -0.05) is 11.2 Å². The Balaban J connectivity index is 1.31. The van der Waals surface area contributed by atoms with Crippen molar-refractivity contribution in [1.29, 1.82) is 0 Å². The Morgan fingerprint density at radius 1 is 1.33 bits per heavy atom. The molecule has 0 amide bonds. The first-order valence-corrected chi connectivity index (χ1v) is 9.89. The molecule has 2 N–H and O–H groups in total. The van der Waals surface area contributed by atoms with E-state index in [-0.39, 0.29) is 5.54 Å². The van der Waals surface area contributed by atoms with Crippen LogP contribution in [0.15, 0.2) is 28.1 Å². The highest BCUT2D eigenvalue weighted by Gasteiger charge is 2.59. The molecule has 2 heterocycles. The number of aliphatic hydroxyl groups is 1. The molecule has 2 unspecified atom stereocenters. The van der Waals surface area contributed by atoms with Gasteiger partial charge in [0.25, 0.3) is 0 Å². The van der Waals surface area contributed by atoms with Crippen LogP contribution in [0, 0.1) is 17.8 Å². The van der Waals surface area contributed by atoms with Crippen LogP contribution in [0.4, 0.5) is 0 Å². The van der Waals surface area contributed by atoms with Gasteiger partial charge in [-0.05, 0) is 68.2 Å². The molecular formula is C19H24N2O2S. The van der Waals surface area contributed by atoms with Gasteiger partial charge >= 0.3 is 0 Å². The number of nitrogens with zero attached hydrogens (tertiary/aromatic N) is 1. The van der Waals surface area contributed by atoms with Crippen LogP contribution in [0.2, 0.25) is 0 Å². The lowest BCUT2D eigenvalue weighted by Crippen LogP contribution is -2.66. The minimum Gasteiger partial charge on any atom is -0.390 e. The first kappa shape index (κ1) is 15.1. The fourth-order valence-corrected chi connectivity index (χ4v) is 6.30. The largest absolute Gasteiger partial charge is 0.390 e. The van der Waals surface area contributed by atoms with Crippen molar-refractivity contribution in [2.45, 2.75) is 56.7 Å². The SMILES string of the molecule is CC1(O)C2CC3CC1CC(NCc1cc(-c4cccs4)on1)(C3)C2. The molecule has 0 aliphatic heterocycles. The molecule has 0 saturated heterocycles. The maximum absolute atomic E-state index is 10.8. The minimum atomic E-state index is -0.456. The molecule has 0 radical (unpaired) electrons. The van der Waals surface area contributed by atoms with Crippen molar-refractivity contribution in [2.24, 2.45) is 17.8 Å². The van der Waals surface area contributed by atoms with E-state index in [2.05, 4.69) is 34.9 Å². The molecule has 128 valence electrons. The Morgan fingerprint density at radius 3 is 2.83 bits per heavy atom. The van der Waals surface area contributed by atoms with Gasteiger partial charge in [0.2, 0.25) is 0 Å². The second kappa shape index (κ2) is 5.16. The lowest BCUT2D eigenvalue weighted by atomic mass is 9.47. The Labute approximate surface area is 146 Å². The smallest absolute Gasteiger partial charge is 0.177 e. The van der Waals surface area contributed by atoms with Crippen LogP contribution in [0.5, 0.6) is 0 Å². The van der Waals surface area contributed by atoms with Crippen LogP contribution in [0.3, 0.4) is 0 Å². The normalized spacial score (nSPS) is 40.3. The van der Waals surface area contributed by atoms with Crippen LogP contribution in [-0.4, -0.2) is 21.4 Å². The second-order valence-corrected chi connectivity index (χ2v) is 9.31. The summed E-state index contributed by atoms with van der Waals surface area (Å²) in [5.41, 5.74) is 0.712. The summed E-state index contributed by atoms with van der Waals surface area (Å²) in [5.74, 6) is 2.55. The van der Waals surface area contributed by atoms with Crippen molar-refractivity contribution in [3.8, 4) is 10.6 Å². The van der Waals surface area contributed by atoms with Gasteiger partial charge in [0.1, 0.15) is 0 Å². The maximum atomic E-state index is 10.8. The third-order valence-electron chi connectivity index (χ3n) is 6.81. The summed E-state index contributed by atoms with van der Waals surface area (Å²) in [7, 11) is 0. The van der Waals surface area contributed by atoms with Crippen molar-refractivity contribution < 1.29 is 9.63 Å². The first-order chi connectivity index (χ1) is 11.5. The van der Waals surface area contributed by atoms with Crippen molar-refractivity contribution in [2.75, 3.05) is 0 Å². The van der Waals surface area contributed by atoms with E-state index in [4.69, 9.17) is 4.52 Å². The molecular weight excluding hydrogens is 320 g/mol. The van der Waals surface area contributed by atoms with Gasteiger partial charge in [0, 0.05) is 18.2 Å². The Morgan fingerprint density at radius 2 is 2.12 bits per heavy atom. The minimum absolute atomic E-state index is 0.195. The van der Waals surface area contributed by atoms with Crippen LogP contribution < -0.4 is 5.32 Å². The summed E-state index contributed by atoms with van der Waals surface area (Å²) in [6.07, 6.45) is 5.87. The molecule has 4 nitrogen and oxygen atoms in total. The van der Waals surface area contributed by atoms with Crippen molar-refractivity contribution in [1.82, 2.24) is 10.5 Å². The third kappa shape index (κ3) is 2.29. The third-order valence-corrected chi connectivity index (χ3v) is 7.69. The Hall–Kier alpha value is -1.17. The molecule has 4 saturated carbocycles. The van der Waals surface area contributed by atoms with Gasteiger partial charge in [0.05, 0.1) is 16.2 Å². The van der Waals surface area contributed by atoms with E-state index < -0.39 is 5.60 Å². The van der Waals surface area contributed by atoms with Crippen molar-refractivity contribution in [3.05, 3.63) is 29.3 Å². The lowest BCUT2D eigenvalue weighted by molar-refractivity contribution is -0.175. The summed E-state index contributed by atoms with van der Waals surface area (Å²) >= 11 is 1.67. The number of thiophene rings is 1. The summed E-state index contributed by atoms with van der Waals surface area (Å²) < 4.78 is 5.49. The predicted molar refractivity (Wildman–Crippen MR) is 93.6 cm³/mol. The standard InChI is InChI=1S/C19H24N2O2S/c1-18(22)13-5-12-6-14(18)10-19(8-12,9-13)20-11-15-7-16(23-21-15)17-3-2-4-24-17/h2-4,7,12-14,20,22H,5-6,8-11H2,1H3. The summed E-state index contributed by atoms with van der Waals surface area (Å²) in [6.45, 7) is 2.82. The molecule has 4 aliphatic rings. The summed E-state index contributed by atoms with van der Waals surface area (Å²) in [4.78, 5) is 1.12. The second-order valence-electron chi connectivity index (χ2n) is 8.36. The number of nitrogens with one attached hydrogen (secondary N) is 1. The van der Waals surface area contributed by atoms with Gasteiger partial charge in [0.15, 0.2) is 5.76 Å². The molecule has 6 rings (SSSR count). The molecule has 4 aliphatic carbocycles. The Bertz CT molecular complexity index is 718. The highest BCUT2D eigenvalue weighted by atomic mass is 32.1. The zero-order valence-corrected chi connectivity index (χ0v) is 14.8. The molecule has 2 atom stereocenters. The number of rotatable bonds is 4. The highest BCUT2D eigenvalue weighted by Crippen LogP contribution is 2.59. The fraction of sp³-hybridized carbons (Fsp3) is 0.632. The molecule has 0 spiro atoms. The summed E-state index contributed by atoms with van der Waals surface area (Å²) in [5, 5.41) is 20.9. The molecule has 5 heteroatoms. The van der Waals surface area contributed by atoms with Gasteiger partial charge in [-0.15, -0.1) is 11.3 Å². The summed E-state index contributed by atoms with van der Waals surface area (Å²) in [6, 6.07) is 6.14. The number of hydrogen-bond donors (Lipinski definition) is 2. The van der Waals surface area contributed by atoms with Gasteiger partial charge < -0.3 is 14.9 Å². The Kier molecular flexibility index (Phi) is 3.25. The molecule has 2 aromatic heterocycles. The zero-order valence-electron chi connectivity index (χ0n) is 14.0. The van der Waals surface area contributed by atoms with Gasteiger partial charge in [-0.2, -0.15) is 0 Å². The zero-order chi connectivity index (χ0) is 16.4. The van der Waals surface area contributed by atoms with E-state index >= 15 is 0 Å².